The van der Waals surface area contributed by atoms with Crippen LogP contribution < -0.4 is 21.5 Å². The third-order valence-corrected chi connectivity index (χ3v) is 7.18. The molecule has 1 saturated heterocycles. The quantitative estimate of drug-likeness (QED) is 0.470. The molecule has 0 aromatic carbocycles. The molecule has 5 rings (SSSR count). The summed E-state index contributed by atoms with van der Waals surface area (Å²) in [6, 6.07) is 5.23. The van der Waals surface area contributed by atoms with Crippen molar-refractivity contribution in [1.29, 1.82) is 0 Å². The van der Waals surface area contributed by atoms with Crippen LogP contribution in [0.5, 0.6) is 0 Å². The molecule has 3 N–H and O–H groups in total. The lowest BCUT2D eigenvalue weighted by Crippen LogP contribution is -2.59. The lowest BCUT2D eigenvalue weighted by molar-refractivity contribution is -0.0828. The number of nitrogens with zero attached hydrogens (tertiary/aromatic N) is 4. The summed E-state index contributed by atoms with van der Waals surface area (Å²) >= 11 is 0. The predicted molar refractivity (Wildman–Crippen MR) is 132 cm³/mol. The summed E-state index contributed by atoms with van der Waals surface area (Å²) in [7, 11) is 3.42. The maximum atomic E-state index is 13.2. The second kappa shape index (κ2) is 9.31. The molecule has 0 spiro atoms. The van der Waals surface area contributed by atoms with Gasteiger partial charge in [-0.1, -0.05) is 0 Å². The molecule has 1 amide bonds. The molecule has 11 nitrogen and oxygen atoms in total. The minimum Gasteiger partial charge on any atom is -0.379 e. The number of methoxy groups -OCH3 is 1. The molecule has 11 heteroatoms. The first-order chi connectivity index (χ1) is 16.9. The zero-order valence-corrected chi connectivity index (χ0v) is 20.2. The Balaban J connectivity index is 1.45. The molecule has 1 saturated carbocycles. The van der Waals surface area contributed by atoms with Gasteiger partial charge in [-0.3, -0.25) is 9.59 Å². The fraction of sp³-hybridized carbons (Fsp3) is 0.500. The van der Waals surface area contributed by atoms with Crippen LogP contribution in [0.3, 0.4) is 0 Å². The normalized spacial score (nSPS) is 24.1. The first-order valence-electron chi connectivity index (χ1n) is 11.9. The molecule has 0 radical (unpaired) electrons. The van der Waals surface area contributed by atoms with Crippen LogP contribution in [0.2, 0.25) is 0 Å². The van der Waals surface area contributed by atoms with Crippen LogP contribution in [-0.4, -0.2) is 64.1 Å². The van der Waals surface area contributed by atoms with E-state index in [-0.39, 0.29) is 29.2 Å². The largest absolute Gasteiger partial charge is 0.379 e. The number of carbonyl (C=O) groups excluding carboxylic acids is 1. The number of hydrogen-bond acceptors (Lipinski definition) is 8. The van der Waals surface area contributed by atoms with E-state index in [0.717, 1.165) is 32.3 Å². The molecule has 1 aliphatic heterocycles. The highest BCUT2D eigenvalue weighted by molar-refractivity contribution is 6.00. The number of hydrogen-bond donors (Lipinski definition) is 3. The highest BCUT2D eigenvalue weighted by Crippen LogP contribution is 2.35. The highest BCUT2D eigenvalue weighted by atomic mass is 16.5. The summed E-state index contributed by atoms with van der Waals surface area (Å²) in [5, 5.41) is 13.6. The molecule has 4 heterocycles. The van der Waals surface area contributed by atoms with Crippen molar-refractivity contribution in [2.45, 2.75) is 50.3 Å². The van der Waals surface area contributed by atoms with Crippen molar-refractivity contribution >= 4 is 28.9 Å². The van der Waals surface area contributed by atoms with Gasteiger partial charge in [0.1, 0.15) is 22.9 Å². The third kappa shape index (κ3) is 4.25. The SMILES string of the molecule is CNc1cc(Nc2cccn([C@H]3CCCOC3)c2=O)nc2c(C(=O)N[C@@H]3CC[C@@]3(C)OC)cnn12. The Hall–Kier alpha value is -3.44. The van der Waals surface area contributed by atoms with Gasteiger partial charge in [0.15, 0.2) is 5.65 Å². The van der Waals surface area contributed by atoms with E-state index in [1.165, 1.54) is 6.20 Å². The van der Waals surface area contributed by atoms with E-state index in [2.05, 4.69) is 26.0 Å². The molecule has 1 aliphatic carbocycles. The van der Waals surface area contributed by atoms with Gasteiger partial charge in [-0.25, -0.2) is 4.98 Å². The van der Waals surface area contributed by atoms with E-state index < -0.39 is 0 Å². The lowest BCUT2D eigenvalue weighted by atomic mass is 9.76. The van der Waals surface area contributed by atoms with Gasteiger partial charge >= 0.3 is 0 Å². The smallest absolute Gasteiger partial charge is 0.274 e. The second-order valence-electron chi connectivity index (χ2n) is 9.28. The zero-order chi connectivity index (χ0) is 24.6. The Morgan fingerprint density at radius 3 is 2.89 bits per heavy atom. The molecule has 3 atom stereocenters. The van der Waals surface area contributed by atoms with Gasteiger partial charge in [0.2, 0.25) is 0 Å². The topological polar surface area (TPSA) is 124 Å². The summed E-state index contributed by atoms with van der Waals surface area (Å²) in [4.78, 5) is 30.9. The zero-order valence-electron chi connectivity index (χ0n) is 20.2. The Morgan fingerprint density at radius 1 is 1.34 bits per heavy atom. The minimum absolute atomic E-state index is 0.00993. The average Bonchev–Trinajstić information content (AvgIpc) is 3.31. The molecule has 0 unspecified atom stereocenters. The Kier molecular flexibility index (Phi) is 6.20. The summed E-state index contributed by atoms with van der Waals surface area (Å²) in [5.41, 5.74) is 0.609. The molecule has 3 aromatic rings. The number of fused-ring (bicyclic) bond motifs is 1. The standard InChI is InChI=1S/C24H31N7O4/c1-24(34-3)9-8-18(24)28-22(32)16-13-26-31-20(25-2)12-19(29-21(16)31)27-17-7-4-10-30(23(17)33)15-6-5-11-35-14-15/h4,7,10,12-13,15,18,25H,5-6,8-9,11,14H2,1-3H3,(H,27,29)(H,28,32)/t15-,18+,24+/m0/s1. The van der Waals surface area contributed by atoms with Crippen LogP contribution >= 0.6 is 0 Å². The van der Waals surface area contributed by atoms with Crippen LogP contribution in [0.4, 0.5) is 17.3 Å². The maximum Gasteiger partial charge on any atom is 0.274 e. The summed E-state index contributed by atoms with van der Waals surface area (Å²) in [6.07, 6.45) is 6.86. The van der Waals surface area contributed by atoms with Crippen LogP contribution in [-0.2, 0) is 9.47 Å². The van der Waals surface area contributed by atoms with Crippen LogP contribution in [0.25, 0.3) is 5.65 Å². The highest BCUT2D eigenvalue weighted by Gasteiger charge is 2.44. The van der Waals surface area contributed by atoms with Gasteiger partial charge < -0.3 is 30.0 Å². The van der Waals surface area contributed by atoms with Crippen LogP contribution in [0.1, 0.15) is 49.0 Å². The number of aromatic nitrogens is 4. The second-order valence-corrected chi connectivity index (χ2v) is 9.28. The van der Waals surface area contributed by atoms with Crippen molar-refractivity contribution in [3.8, 4) is 0 Å². The number of nitrogens with one attached hydrogen (secondary N) is 3. The van der Waals surface area contributed by atoms with Gasteiger partial charge in [0.25, 0.3) is 11.5 Å². The van der Waals surface area contributed by atoms with Gasteiger partial charge in [-0.05, 0) is 44.7 Å². The fourth-order valence-electron chi connectivity index (χ4n) is 4.74. The molecular weight excluding hydrogens is 450 g/mol. The number of pyridine rings is 1. The number of ether oxygens (including phenoxy) is 2. The van der Waals surface area contributed by atoms with Crippen molar-refractivity contribution in [3.05, 3.63) is 46.5 Å². The van der Waals surface area contributed by atoms with Crippen molar-refractivity contribution in [3.63, 3.8) is 0 Å². The molecule has 0 bridgehead atoms. The monoisotopic (exact) mass is 481 g/mol. The minimum atomic E-state index is -0.370. The van der Waals surface area contributed by atoms with Gasteiger partial charge in [-0.15, -0.1) is 0 Å². The summed E-state index contributed by atoms with van der Waals surface area (Å²) in [5.74, 6) is 0.787. The fourth-order valence-corrected chi connectivity index (χ4v) is 4.74. The lowest BCUT2D eigenvalue weighted by Gasteiger charge is -2.45. The number of carbonyl (C=O) groups is 1. The van der Waals surface area contributed by atoms with Crippen molar-refractivity contribution in [2.75, 3.05) is 38.0 Å². The Morgan fingerprint density at radius 2 is 2.20 bits per heavy atom. The van der Waals surface area contributed by atoms with Crippen molar-refractivity contribution in [1.82, 2.24) is 24.5 Å². The van der Waals surface area contributed by atoms with E-state index >= 15 is 0 Å². The number of anilines is 3. The molecule has 35 heavy (non-hydrogen) atoms. The van der Waals surface area contributed by atoms with E-state index in [4.69, 9.17) is 9.47 Å². The number of amides is 1. The molecule has 2 aliphatic rings. The van der Waals surface area contributed by atoms with Gasteiger partial charge in [0.05, 0.1) is 30.5 Å². The third-order valence-electron chi connectivity index (χ3n) is 7.18. The van der Waals surface area contributed by atoms with E-state index in [1.807, 2.05) is 13.0 Å². The molecule has 2 fully saturated rings. The number of rotatable bonds is 7. The van der Waals surface area contributed by atoms with Crippen molar-refractivity contribution < 1.29 is 14.3 Å². The first-order valence-corrected chi connectivity index (χ1v) is 11.9. The van der Waals surface area contributed by atoms with E-state index in [0.29, 0.717) is 35.1 Å². The van der Waals surface area contributed by atoms with Crippen LogP contribution in [0, 0.1) is 0 Å². The van der Waals surface area contributed by atoms with E-state index in [9.17, 15) is 9.59 Å². The molecule has 186 valence electrons. The van der Waals surface area contributed by atoms with Crippen molar-refractivity contribution in [2.24, 2.45) is 0 Å². The molecular formula is C24H31N7O4. The molecule has 3 aromatic heterocycles. The summed E-state index contributed by atoms with van der Waals surface area (Å²) < 4.78 is 14.4. The Bertz CT molecular complexity index is 1290. The van der Waals surface area contributed by atoms with Crippen LogP contribution in [0.15, 0.2) is 35.4 Å². The van der Waals surface area contributed by atoms with Gasteiger partial charge in [0, 0.05) is 33.0 Å². The van der Waals surface area contributed by atoms with Gasteiger partial charge in [-0.2, -0.15) is 9.61 Å². The van der Waals surface area contributed by atoms with E-state index in [1.54, 1.807) is 41.6 Å². The average molecular weight is 482 g/mol. The maximum absolute atomic E-state index is 13.2. The predicted octanol–water partition coefficient (Wildman–Crippen LogP) is 2.33. The summed E-state index contributed by atoms with van der Waals surface area (Å²) in [6.45, 7) is 3.24. The Labute approximate surface area is 202 Å². The first kappa shape index (κ1) is 23.3.